The number of halogens is 3. The molecule has 0 aliphatic heterocycles. The van der Waals surface area contributed by atoms with Crippen LogP contribution < -0.4 is 5.32 Å². The lowest BCUT2D eigenvalue weighted by molar-refractivity contribution is -0.137. The highest BCUT2D eigenvalue weighted by molar-refractivity contribution is 7.71. The Morgan fingerprint density at radius 3 is 2.70 bits per heavy atom. The van der Waals surface area contributed by atoms with E-state index in [-0.39, 0.29) is 22.3 Å². The van der Waals surface area contributed by atoms with Crippen LogP contribution in [-0.4, -0.2) is 22.5 Å². The van der Waals surface area contributed by atoms with Crippen LogP contribution in [0.25, 0.3) is 0 Å². The van der Waals surface area contributed by atoms with Crippen molar-refractivity contribution in [3.63, 3.8) is 0 Å². The third-order valence-corrected chi connectivity index (χ3v) is 3.46. The number of benzene rings is 1. The molecule has 1 unspecified atom stereocenters. The van der Waals surface area contributed by atoms with E-state index in [1.807, 2.05) is 0 Å². The van der Waals surface area contributed by atoms with E-state index in [1.54, 1.807) is 12.3 Å². The van der Waals surface area contributed by atoms with Gasteiger partial charge in [-0.3, -0.25) is 4.79 Å². The normalized spacial score (nSPS) is 12.7. The van der Waals surface area contributed by atoms with E-state index in [4.69, 9.17) is 12.2 Å². The van der Waals surface area contributed by atoms with Gasteiger partial charge in [0.2, 0.25) is 0 Å². The van der Waals surface area contributed by atoms with Gasteiger partial charge in [-0.25, -0.2) is 0 Å². The molecule has 1 aromatic heterocycles. The van der Waals surface area contributed by atoms with Crippen molar-refractivity contribution in [2.45, 2.75) is 12.3 Å². The number of carbonyl (C=O) groups excluding carboxylic acids is 1. The minimum Gasteiger partial charge on any atom is -0.387 e. The summed E-state index contributed by atoms with van der Waals surface area (Å²) in [5.41, 5.74) is -0.567. The van der Waals surface area contributed by atoms with Gasteiger partial charge in [0.15, 0.2) is 0 Å². The first-order valence-electron chi connectivity index (χ1n) is 6.60. The number of nitrogens with one attached hydrogen (secondary N) is 2. The summed E-state index contributed by atoms with van der Waals surface area (Å²) in [7, 11) is 0. The number of aliphatic hydroxyl groups excluding tert-OH is 1. The lowest BCUT2D eigenvalue weighted by atomic mass is 10.1. The average molecular weight is 342 g/mol. The maximum atomic E-state index is 12.6. The molecule has 3 N–H and O–H groups in total. The number of hydrogen-bond donors (Lipinski definition) is 3. The van der Waals surface area contributed by atoms with E-state index in [0.29, 0.717) is 0 Å². The second-order valence-electron chi connectivity index (χ2n) is 4.76. The molecule has 0 saturated carbocycles. The van der Waals surface area contributed by atoms with E-state index in [0.717, 1.165) is 12.1 Å². The molecule has 2 rings (SSSR count). The minimum absolute atomic E-state index is 0.0679. The Balaban J connectivity index is 2.05. The topological polar surface area (TPSA) is 65.1 Å². The summed E-state index contributed by atoms with van der Waals surface area (Å²) in [4.78, 5) is 14.6. The van der Waals surface area contributed by atoms with Crippen LogP contribution in [0.2, 0.25) is 0 Å². The van der Waals surface area contributed by atoms with E-state index < -0.39 is 23.8 Å². The molecule has 1 amide bonds. The second-order valence-corrected chi connectivity index (χ2v) is 5.17. The molecule has 1 atom stereocenters. The molecule has 0 bridgehead atoms. The molecule has 122 valence electrons. The monoisotopic (exact) mass is 342 g/mol. The van der Waals surface area contributed by atoms with E-state index in [9.17, 15) is 23.1 Å². The Morgan fingerprint density at radius 1 is 1.30 bits per heavy atom. The summed E-state index contributed by atoms with van der Waals surface area (Å²) in [5, 5.41) is 12.4. The molecule has 8 heteroatoms. The molecule has 1 aromatic carbocycles. The Morgan fingerprint density at radius 2 is 2.04 bits per heavy atom. The number of amides is 1. The quantitative estimate of drug-likeness (QED) is 0.748. The molecule has 0 saturated heterocycles. The SMILES string of the molecule is O=C(NCC(O)c1cccc(C(F)(F)F)c1)c1ccc[nH]c1=S. The number of carbonyl (C=O) groups is 1. The highest BCUT2D eigenvalue weighted by atomic mass is 32.1. The van der Waals surface area contributed by atoms with E-state index >= 15 is 0 Å². The molecule has 23 heavy (non-hydrogen) atoms. The van der Waals surface area contributed by atoms with Crippen molar-refractivity contribution in [3.05, 3.63) is 63.9 Å². The van der Waals surface area contributed by atoms with Gasteiger partial charge in [-0.1, -0.05) is 24.4 Å². The van der Waals surface area contributed by atoms with Crippen LogP contribution in [0.15, 0.2) is 42.6 Å². The Kier molecular flexibility index (Phi) is 5.17. The zero-order valence-corrected chi connectivity index (χ0v) is 12.5. The predicted molar refractivity (Wildman–Crippen MR) is 80.4 cm³/mol. The van der Waals surface area contributed by atoms with Gasteiger partial charge < -0.3 is 15.4 Å². The zero-order chi connectivity index (χ0) is 17.0. The van der Waals surface area contributed by atoms with Gasteiger partial charge in [0.25, 0.3) is 5.91 Å². The summed E-state index contributed by atoms with van der Waals surface area (Å²) in [6.07, 6.45) is -4.19. The highest BCUT2D eigenvalue weighted by Gasteiger charge is 2.30. The van der Waals surface area contributed by atoms with Crippen molar-refractivity contribution in [1.29, 1.82) is 0 Å². The average Bonchev–Trinajstić information content (AvgIpc) is 2.52. The third kappa shape index (κ3) is 4.40. The molecule has 4 nitrogen and oxygen atoms in total. The molecule has 1 heterocycles. The number of alkyl halides is 3. The standard InChI is InChI=1S/C15H13F3N2O2S/c16-15(17,18)10-4-1-3-9(7-10)12(21)8-20-13(22)11-5-2-6-19-14(11)23/h1-7,12,21H,8H2,(H,19,23)(H,20,22). The van der Waals surface area contributed by atoms with Crippen molar-refractivity contribution >= 4 is 18.1 Å². The fraction of sp³-hybridized carbons (Fsp3) is 0.200. The van der Waals surface area contributed by atoms with Gasteiger partial charge in [0.05, 0.1) is 17.2 Å². The number of aromatic amines is 1. The van der Waals surface area contributed by atoms with Gasteiger partial charge in [0.1, 0.15) is 4.64 Å². The summed E-state index contributed by atoms with van der Waals surface area (Å²) < 4.78 is 38.2. The van der Waals surface area contributed by atoms with Crippen molar-refractivity contribution in [2.24, 2.45) is 0 Å². The Bertz CT molecular complexity index is 759. The largest absolute Gasteiger partial charge is 0.416 e. The van der Waals surface area contributed by atoms with Crippen LogP contribution in [0.3, 0.4) is 0 Å². The fourth-order valence-corrected chi connectivity index (χ4v) is 2.15. The second kappa shape index (κ2) is 6.93. The molecule has 0 fully saturated rings. The lowest BCUT2D eigenvalue weighted by Gasteiger charge is -2.14. The molecule has 0 spiro atoms. The number of aliphatic hydroxyl groups is 1. The van der Waals surface area contributed by atoms with Crippen LogP contribution in [0, 0.1) is 4.64 Å². The lowest BCUT2D eigenvalue weighted by Crippen LogP contribution is -2.28. The summed E-state index contributed by atoms with van der Waals surface area (Å²) in [6.45, 7) is -0.232. The summed E-state index contributed by atoms with van der Waals surface area (Å²) in [6, 6.07) is 7.43. The fourth-order valence-electron chi connectivity index (χ4n) is 1.93. The van der Waals surface area contributed by atoms with Crippen LogP contribution >= 0.6 is 12.2 Å². The summed E-state index contributed by atoms with van der Waals surface area (Å²) in [5.74, 6) is -0.516. The van der Waals surface area contributed by atoms with E-state index in [2.05, 4.69) is 10.3 Å². The molecular formula is C15H13F3N2O2S. The van der Waals surface area contributed by atoms with Crippen molar-refractivity contribution in [3.8, 4) is 0 Å². The first-order chi connectivity index (χ1) is 10.8. The Hall–Kier alpha value is -2.19. The zero-order valence-electron chi connectivity index (χ0n) is 11.7. The summed E-state index contributed by atoms with van der Waals surface area (Å²) >= 11 is 4.96. The molecular weight excluding hydrogens is 329 g/mol. The maximum Gasteiger partial charge on any atom is 0.416 e. The van der Waals surface area contributed by atoms with Crippen molar-refractivity contribution < 1.29 is 23.1 Å². The molecule has 2 aromatic rings. The first kappa shape index (κ1) is 17.2. The number of rotatable bonds is 4. The van der Waals surface area contributed by atoms with Gasteiger partial charge in [-0.2, -0.15) is 13.2 Å². The van der Waals surface area contributed by atoms with Crippen molar-refractivity contribution in [2.75, 3.05) is 6.54 Å². The number of aromatic nitrogens is 1. The number of hydrogen-bond acceptors (Lipinski definition) is 3. The third-order valence-electron chi connectivity index (χ3n) is 3.12. The first-order valence-corrected chi connectivity index (χ1v) is 7.01. The molecule has 0 aliphatic rings. The van der Waals surface area contributed by atoms with Crippen LogP contribution in [0.5, 0.6) is 0 Å². The van der Waals surface area contributed by atoms with Crippen LogP contribution in [-0.2, 0) is 6.18 Å². The number of pyridine rings is 1. The van der Waals surface area contributed by atoms with E-state index in [1.165, 1.54) is 18.2 Å². The molecule has 0 aliphatic carbocycles. The predicted octanol–water partition coefficient (Wildman–Crippen LogP) is 3.23. The van der Waals surface area contributed by atoms with Gasteiger partial charge in [-0.05, 0) is 29.8 Å². The highest BCUT2D eigenvalue weighted by Crippen LogP contribution is 2.30. The number of H-pyrrole nitrogens is 1. The van der Waals surface area contributed by atoms with Gasteiger partial charge in [-0.15, -0.1) is 0 Å². The minimum atomic E-state index is -4.49. The smallest absolute Gasteiger partial charge is 0.387 e. The van der Waals surface area contributed by atoms with Crippen molar-refractivity contribution in [1.82, 2.24) is 10.3 Å². The molecule has 0 radical (unpaired) electrons. The van der Waals surface area contributed by atoms with Gasteiger partial charge in [0, 0.05) is 12.7 Å². The Labute approximate surface area is 135 Å². The van der Waals surface area contributed by atoms with Crippen LogP contribution in [0.1, 0.15) is 27.6 Å². The maximum absolute atomic E-state index is 12.6. The van der Waals surface area contributed by atoms with Crippen LogP contribution in [0.4, 0.5) is 13.2 Å². The van der Waals surface area contributed by atoms with Gasteiger partial charge >= 0.3 is 6.18 Å².